The summed E-state index contributed by atoms with van der Waals surface area (Å²) in [6, 6.07) is 15.4. The molecule has 0 saturated carbocycles. The molecule has 1 amide bonds. The number of nitrogens with one attached hydrogen (secondary N) is 2. The lowest BCUT2D eigenvalue weighted by Gasteiger charge is -2.16. The van der Waals surface area contributed by atoms with Gasteiger partial charge in [0.15, 0.2) is 0 Å². The van der Waals surface area contributed by atoms with Gasteiger partial charge in [0.25, 0.3) is 10.0 Å². The van der Waals surface area contributed by atoms with Crippen LogP contribution in [-0.2, 0) is 14.8 Å². The number of amides is 1. The van der Waals surface area contributed by atoms with Crippen molar-refractivity contribution in [3.63, 3.8) is 0 Å². The monoisotopic (exact) mass is 411 g/mol. The van der Waals surface area contributed by atoms with Gasteiger partial charge >= 0.3 is 0 Å². The van der Waals surface area contributed by atoms with Crippen molar-refractivity contribution in [2.75, 3.05) is 15.8 Å². The van der Waals surface area contributed by atoms with Crippen LogP contribution in [0.4, 0.5) is 17.1 Å². The van der Waals surface area contributed by atoms with E-state index in [1.807, 2.05) is 32.0 Å². The molecule has 29 heavy (non-hydrogen) atoms. The molecule has 0 aliphatic rings. The van der Waals surface area contributed by atoms with Crippen molar-refractivity contribution in [1.82, 2.24) is 0 Å². The molecule has 0 aliphatic heterocycles. The van der Waals surface area contributed by atoms with Gasteiger partial charge < -0.3 is 11.1 Å². The Morgan fingerprint density at radius 2 is 1.72 bits per heavy atom. The van der Waals surface area contributed by atoms with Crippen LogP contribution in [0.3, 0.4) is 0 Å². The van der Waals surface area contributed by atoms with Crippen LogP contribution in [0.15, 0.2) is 59.5 Å². The maximum Gasteiger partial charge on any atom is 0.262 e. The lowest BCUT2D eigenvalue weighted by Crippen LogP contribution is -2.17. The number of rotatable bonds is 7. The lowest BCUT2D eigenvalue weighted by atomic mass is 10.1. The van der Waals surface area contributed by atoms with E-state index >= 15 is 0 Å². The maximum atomic E-state index is 13.2. The second-order valence-electron chi connectivity index (χ2n) is 6.99. The quantitative estimate of drug-likeness (QED) is 0.492. The van der Waals surface area contributed by atoms with E-state index in [0.717, 1.165) is 23.8 Å². The molecule has 0 heterocycles. The van der Waals surface area contributed by atoms with Gasteiger partial charge in [-0.3, -0.25) is 9.52 Å². The van der Waals surface area contributed by atoms with E-state index in [-0.39, 0.29) is 16.5 Å². The van der Waals surface area contributed by atoms with Crippen molar-refractivity contribution in [2.45, 2.75) is 38.0 Å². The number of carbonyl (C=O) groups excluding carboxylic acids is 1. The Bertz CT molecular complexity index is 1160. The van der Waals surface area contributed by atoms with E-state index in [0.29, 0.717) is 23.2 Å². The van der Waals surface area contributed by atoms with Crippen LogP contribution < -0.4 is 15.8 Å². The first kappa shape index (κ1) is 20.7. The summed E-state index contributed by atoms with van der Waals surface area (Å²) in [5.74, 6) is -0.182. The van der Waals surface area contributed by atoms with Crippen LogP contribution in [-0.4, -0.2) is 14.3 Å². The summed E-state index contributed by atoms with van der Waals surface area (Å²) in [6.45, 7) is 3.94. The topological polar surface area (TPSA) is 101 Å². The van der Waals surface area contributed by atoms with Crippen LogP contribution >= 0.6 is 0 Å². The number of benzene rings is 3. The van der Waals surface area contributed by atoms with Crippen molar-refractivity contribution in [3.05, 3.63) is 60.2 Å². The molecule has 0 unspecified atom stereocenters. The highest BCUT2D eigenvalue weighted by Crippen LogP contribution is 2.31. The first-order valence-electron chi connectivity index (χ1n) is 9.52. The summed E-state index contributed by atoms with van der Waals surface area (Å²) in [5, 5.41) is 4.28. The van der Waals surface area contributed by atoms with Gasteiger partial charge in [-0.25, -0.2) is 8.42 Å². The number of nitrogens with two attached hydrogens (primary N) is 1. The van der Waals surface area contributed by atoms with Crippen molar-refractivity contribution >= 4 is 43.8 Å². The molecule has 0 saturated heterocycles. The molecule has 3 aromatic rings. The fraction of sp³-hybridized carbons (Fsp3) is 0.227. The first-order chi connectivity index (χ1) is 13.8. The third-order valence-electron chi connectivity index (χ3n) is 4.71. The molecule has 0 atom stereocenters. The van der Waals surface area contributed by atoms with Gasteiger partial charge in [0.2, 0.25) is 5.91 Å². The van der Waals surface area contributed by atoms with Gasteiger partial charge in [-0.1, -0.05) is 43.7 Å². The second kappa shape index (κ2) is 8.53. The zero-order valence-electron chi connectivity index (χ0n) is 16.5. The summed E-state index contributed by atoms with van der Waals surface area (Å²) in [5.41, 5.74) is 7.88. The molecule has 3 rings (SSSR count). The van der Waals surface area contributed by atoms with Gasteiger partial charge in [0, 0.05) is 17.5 Å². The van der Waals surface area contributed by atoms with Gasteiger partial charge in [0.1, 0.15) is 0 Å². The average Bonchev–Trinajstić information content (AvgIpc) is 2.68. The minimum absolute atomic E-state index is 0.179. The molecule has 0 aromatic heterocycles. The maximum absolute atomic E-state index is 13.2. The lowest BCUT2D eigenvalue weighted by molar-refractivity contribution is -0.116. The van der Waals surface area contributed by atoms with Gasteiger partial charge in [-0.2, -0.15) is 0 Å². The van der Waals surface area contributed by atoms with Gasteiger partial charge in [-0.15, -0.1) is 0 Å². The van der Waals surface area contributed by atoms with E-state index in [4.69, 9.17) is 5.73 Å². The zero-order chi connectivity index (χ0) is 21.0. The molecule has 0 bridgehead atoms. The molecule has 0 aliphatic carbocycles. The fourth-order valence-corrected chi connectivity index (χ4v) is 4.45. The first-order valence-corrected chi connectivity index (χ1v) is 11.0. The zero-order valence-corrected chi connectivity index (χ0v) is 17.3. The number of aryl methyl sites for hydroxylation is 1. The number of nitrogen functional groups attached to an aromatic ring is 1. The molecule has 4 N–H and O–H groups in total. The van der Waals surface area contributed by atoms with Gasteiger partial charge in [-0.05, 0) is 48.6 Å². The Hall–Kier alpha value is -3.06. The third kappa shape index (κ3) is 4.68. The Morgan fingerprint density at radius 1 is 1.00 bits per heavy atom. The standard InChI is InChI=1S/C22H25N3O3S/c1-3-4-9-22(26)24-20-14-16(23)11-12-19(20)25-29(27,28)21-13-10-15(2)17-7-5-6-8-18(17)21/h5-8,10-14,25H,3-4,9,23H2,1-2H3,(H,24,26). The molecular formula is C22H25N3O3S. The molecular weight excluding hydrogens is 386 g/mol. The molecule has 6 nitrogen and oxygen atoms in total. The van der Waals surface area contributed by atoms with Crippen LogP contribution in [0.2, 0.25) is 0 Å². The number of hydrogen-bond acceptors (Lipinski definition) is 4. The molecule has 0 spiro atoms. The van der Waals surface area contributed by atoms with Gasteiger partial charge in [0.05, 0.1) is 16.3 Å². The number of unbranched alkanes of at least 4 members (excludes halogenated alkanes) is 1. The predicted octanol–water partition coefficient (Wildman–Crippen LogP) is 4.66. The van der Waals surface area contributed by atoms with Crippen molar-refractivity contribution < 1.29 is 13.2 Å². The summed E-state index contributed by atoms with van der Waals surface area (Å²) in [6.07, 6.45) is 2.01. The highest BCUT2D eigenvalue weighted by atomic mass is 32.2. The summed E-state index contributed by atoms with van der Waals surface area (Å²) in [7, 11) is -3.89. The molecule has 7 heteroatoms. The molecule has 3 aromatic carbocycles. The Morgan fingerprint density at radius 3 is 2.45 bits per heavy atom. The van der Waals surface area contributed by atoms with Crippen molar-refractivity contribution in [3.8, 4) is 0 Å². The van der Waals surface area contributed by atoms with Crippen molar-refractivity contribution in [1.29, 1.82) is 0 Å². The molecule has 0 fully saturated rings. The number of anilines is 3. The van der Waals surface area contributed by atoms with Crippen LogP contribution in [0, 0.1) is 6.92 Å². The minimum atomic E-state index is -3.89. The number of hydrogen-bond donors (Lipinski definition) is 3. The average molecular weight is 412 g/mol. The molecule has 152 valence electrons. The predicted molar refractivity (Wildman–Crippen MR) is 119 cm³/mol. The van der Waals surface area contributed by atoms with Crippen molar-refractivity contribution in [2.24, 2.45) is 0 Å². The number of sulfonamides is 1. The van der Waals surface area contributed by atoms with Crippen LogP contribution in [0.1, 0.15) is 31.7 Å². The van der Waals surface area contributed by atoms with E-state index in [1.165, 1.54) is 0 Å². The SMILES string of the molecule is CCCCC(=O)Nc1cc(N)ccc1NS(=O)(=O)c1ccc(C)c2ccccc12. The Kier molecular flexibility index (Phi) is 6.08. The summed E-state index contributed by atoms with van der Waals surface area (Å²) in [4.78, 5) is 12.3. The van der Waals surface area contributed by atoms with Crippen LogP contribution in [0.25, 0.3) is 10.8 Å². The Labute approximate surface area is 171 Å². The fourth-order valence-electron chi connectivity index (χ4n) is 3.16. The largest absolute Gasteiger partial charge is 0.399 e. The Balaban J connectivity index is 1.98. The smallest absolute Gasteiger partial charge is 0.262 e. The molecule has 0 radical (unpaired) electrons. The number of fused-ring (bicyclic) bond motifs is 1. The van der Waals surface area contributed by atoms with Crippen LogP contribution in [0.5, 0.6) is 0 Å². The van der Waals surface area contributed by atoms with E-state index in [1.54, 1.807) is 36.4 Å². The highest BCUT2D eigenvalue weighted by molar-refractivity contribution is 7.93. The summed E-state index contributed by atoms with van der Waals surface area (Å²) < 4.78 is 28.9. The number of carbonyl (C=O) groups is 1. The van der Waals surface area contributed by atoms with E-state index < -0.39 is 10.0 Å². The van der Waals surface area contributed by atoms with E-state index in [2.05, 4.69) is 10.0 Å². The normalized spacial score (nSPS) is 11.4. The highest BCUT2D eigenvalue weighted by Gasteiger charge is 2.20. The third-order valence-corrected chi connectivity index (χ3v) is 6.13. The van der Waals surface area contributed by atoms with E-state index in [9.17, 15) is 13.2 Å². The summed E-state index contributed by atoms with van der Waals surface area (Å²) >= 11 is 0. The minimum Gasteiger partial charge on any atom is -0.399 e. The second-order valence-corrected chi connectivity index (χ2v) is 8.64.